The molecule has 0 aromatic rings. The van der Waals surface area contributed by atoms with E-state index in [0.717, 1.165) is 0 Å². The first-order chi connectivity index (χ1) is 38.6. The Labute approximate surface area is 461 Å². The van der Waals surface area contributed by atoms with Crippen LogP contribution >= 0.6 is 0 Å². The number of nitrogens with zero attached hydrogens (tertiary/aromatic N) is 3. The summed E-state index contributed by atoms with van der Waals surface area (Å²) in [5, 5.41) is 9.99. The van der Waals surface area contributed by atoms with Gasteiger partial charge in [0.25, 0.3) is 0 Å². The molecule has 78 heavy (non-hydrogen) atoms. The molecule has 3 atom stereocenters. The third-order valence-electron chi connectivity index (χ3n) is 11.9. The van der Waals surface area contributed by atoms with E-state index in [0.29, 0.717) is 257 Å². The Morgan fingerprint density at radius 3 is 0.654 bits per heavy atom. The van der Waals surface area contributed by atoms with Crippen molar-refractivity contribution in [2.45, 2.75) is 37.6 Å². The Morgan fingerprint density at radius 1 is 0.269 bits per heavy atom. The second kappa shape index (κ2) is 49.2. The van der Waals surface area contributed by atoms with Crippen molar-refractivity contribution in [3.63, 3.8) is 0 Å². The van der Waals surface area contributed by atoms with Gasteiger partial charge in [-0.3, -0.25) is 14.4 Å². The molecule has 456 valence electrons. The highest BCUT2D eigenvalue weighted by Crippen LogP contribution is 2.13. The highest BCUT2D eigenvalue weighted by molar-refractivity contribution is 5.82. The normalized spacial score (nSPS) is 24.8. The van der Waals surface area contributed by atoms with Gasteiger partial charge in [0.2, 0.25) is 17.7 Å². The van der Waals surface area contributed by atoms with Gasteiger partial charge in [-0.2, -0.15) is 0 Å². The first kappa shape index (κ1) is 68.1. The summed E-state index contributed by atoms with van der Waals surface area (Å²) in [4.78, 5) is 46.4. The van der Waals surface area contributed by atoms with Crippen molar-refractivity contribution in [3.8, 4) is 0 Å². The van der Waals surface area contributed by atoms with Gasteiger partial charge in [-0.25, -0.2) is 0 Å². The largest absolute Gasteiger partial charge is 0.377 e. The van der Waals surface area contributed by atoms with Crippen molar-refractivity contribution in [1.82, 2.24) is 30.7 Å². The summed E-state index contributed by atoms with van der Waals surface area (Å²) in [5.74, 6) is -0.654. The lowest BCUT2D eigenvalue weighted by Crippen LogP contribution is -2.60. The highest BCUT2D eigenvalue weighted by atomic mass is 16.6. The fourth-order valence-electron chi connectivity index (χ4n) is 7.68. The Bertz CT molecular complexity index is 1220. The minimum atomic E-state index is -0.315. The molecule has 4 saturated heterocycles. The first-order valence-corrected chi connectivity index (χ1v) is 28.0. The van der Waals surface area contributed by atoms with E-state index in [4.69, 9.17) is 85.3 Å². The summed E-state index contributed by atoms with van der Waals surface area (Å²) in [6, 6.07) is 0. The van der Waals surface area contributed by atoms with Crippen LogP contribution in [0.5, 0.6) is 0 Å². The minimum Gasteiger partial charge on any atom is -0.377 e. The van der Waals surface area contributed by atoms with Gasteiger partial charge in [-0.15, -0.1) is 0 Å². The molecule has 4 fully saturated rings. The quantitative estimate of drug-likeness (QED) is 0.146. The molecule has 4 aliphatic heterocycles. The van der Waals surface area contributed by atoms with Crippen LogP contribution in [0.15, 0.2) is 0 Å². The zero-order valence-electron chi connectivity index (χ0n) is 46.5. The van der Waals surface area contributed by atoms with Crippen LogP contribution < -0.4 is 16.0 Å². The fourth-order valence-corrected chi connectivity index (χ4v) is 7.68. The average Bonchev–Trinajstić information content (AvgIpc) is 3.45. The maximum absolute atomic E-state index is 13.9. The summed E-state index contributed by atoms with van der Waals surface area (Å²) in [7, 11) is 0. The van der Waals surface area contributed by atoms with Crippen LogP contribution in [-0.2, 0) is 99.6 Å². The van der Waals surface area contributed by atoms with Gasteiger partial charge in [0.1, 0.15) is 0 Å². The second-order valence-corrected chi connectivity index (χ2v) is 18.1. The third-order valence-corrected chi connectivity index (χ3v) is 11.9. The molecule has 0 aliphatic carbocycles. The minimum absolute atomic E-state index is 0.0336. The maximum Gasteiger partial charge on any atom is 0.226 e. The molecule has 3 amide bonds. The SMILES string of the molecule is O=C(CCNCC1COCCOCCOCCOCCOCCO1)N1CN(C(=O)CCNCC2COCCOCCOCCOCCOCCO2)CN(C(=O)CCNCC2COCCOCCOCCOCCOCCO2)C1. The molecule has 0 spiro atoms. The summed E-state index contributed by atoms with van der Waals surface area (Å²) >= 11 is 0. The van der Waals surface area contributed by atoms with E-state index in [1.165, 1.54) is 0 Å². The molecule has 27 heteroatoms. The summed E-state index contributed by atoms with van der Waals surface area (Å²) in [5.41, 5.74) is 0. The zero-order valence-corrected chi connectivity index (χ0v) is 46.5. The van der Waals surface area contributed by atoms with Crippen LogP contribution in [0, 0.1) is 0 Å². The lowest BCUT2D eigenvalue weighted by Gasteiger charge is -2.42. The molecule has 0 radical (unpaired) electrons. The number of hydrogen-bond acceptors (Lipinski definition) is 24. The van der Waals surface area contributed by atoms with E-state index in [2.05, 4.69) is 16.0 Å². The van der Waals surface area contributed by atoms with Crippen molar-refractivity contribution in [3.05, 3.63) is 0 Å². The number of hydrogen-bond donors (Lipinski definition) is 3. The number of carbonyl (C=O) groups excluding carboxylic acids is 3. The van der Waals surface area contributed by atoms with Gasteiger partial charge in [0, 0.05) is 58.5 Å². The maximum atomic E-state index is 13.9. The van der Waals surface area contributed by atoms with Crippen molar-refractivity contribution in [1.29, 1.82) is 0 Å². The molecule has 4 rings (SSSR count). The van der Waals surface area contributed by atoms with Crippen LogP contribution in [0.4, 0.5) is 0 Å². The number of carbonyl (C=O) groups is 3. The summed E-state index contributed by atoms with van der Waals surface area (Å²) < 4.78 is 103. The molecule has 0 saturated carbocycles. The van der Waals surface area contributed by atoms with Gasteiger partial charge in [-0.1, -0.05) is 0 Å². The van der Waals surface area contributed by atoms with Gasteiger partial charge < -0.3 is 116 Å². The van der Waals surface area contributed by atoms with E-state index in [-0.39, 0.29) is 75.3 Å². The van der Waals surface area contributed by atoms with Crippen molar-refractivity contribution >= 4 is 17.7 Å². The molecule has 3 N–H and O–H groups in total. The Kier molecular flexibility index (Phi) is 42.9. The van der Waals surface area contributed by atoms with Crippen molar-refractivity contribution < 1.29 is 99.6 Å². The lowest BCUT2D eigenvalue weighted by atomic mass is 10.3. The van der Waals surface area contributed by atoms with Crippen LogP contribution in [0.3, 0.4) is 0 Å². The molecule has 0 aromatic carbocycles. The predicted octanol–water partition coefficient (Wildman–Crippen LogP) is -2.26. The third kappa shape index (κ3) is 36.8. The summed E-state index contributed by atoms with van der Waals surface area (Å²) in [6.45, 7) is 16.2. The van der Waals surface area contributed by atoms with E-state index in [1.54, 1.807) is 14.7 Å². The van der Waals surface area contributed by atoms with Gasteiger partial charge in [0.05, 0.1) is 256 Å². The van der Waals surface area contributed by atoms with E-state index < -0.39 is 0 Å². The zero-order chi connectivity index (χ0) is 54.9. The van der Waals surface area contributed by atoms with Crippen LogP contribution in [0.25, 0.3) is 0 Å². The number of rotatable bonds is 15. The van der Waals surface area contributed by atoms with E-state index in [1.807, 2.05) is 0 Å². The molecular weight excluding hydrogens is 1030 g/mol. The van der Waals surface area contributed by atoms with Crippen molar-refractivity contribution in [2.75, 3.05) is 277 Å². The van der Waals surface area contributed by atoms with E-state index >= 15 is 0 Å². The lowest BCUT2D eigenvalue weighted by molar-refractivity contribution is -0.158. The molecule has 27 nitrogen and oxygen atoms in total. The van der Waals surface area contributed by atoms with Gasteiger partial charge in [-0.05, 0) is 0 Å². The molecule has 0 aromatic heterocycles. The predicted molar refractivity (Wildman–Crippen MR) is 279 cm³/mol. The summed E-state index contributed by atoms with van der Waals surface area (Å²) in [6.07, 6.45) is -0.595. The smallest absolute Gasteiger partial charge is 0.226 e. The molecular formula is C51H96N6O21. The number of ether oxygens (including phenoxy) is 18. The number of amides is 3. The van der Waals surface area contributed by atoms with Gasteiger partial charge in [0.15, 0.2) is 0 Å². The average molecular weight is 1130 g/mol. The first-order valence-electron chi connectivity index (χ1n) is 28.0. The molecule has 0 bridgehead atoms. The topological polar surface area (TPSA) is 263 Å². The Morgan fingerprint density at radius 2 is 0.449 bits per heavy atom. The standard InChI is InChI=1S/C51H96N6O21/c58-49(1-4-52-37-46-40-73-28-25-67-16-13-61-7-10-64-19-22-70-31-34-76-46)55-43-56(50(59)2-5-53-38-47-41-74-29-26-68-17-14-62-8-11-65-20-23-71-32-35-77-47)45-57(44-55)51(60)3-6-54-39-48-42-75-30-27-69-18-15-63-9-12-66-21-24-72-33-36-78-48/h46-48,52-54H,1-45H2. The van der Waals surface area contributed by atoms with E-state index in [9.17, 15) is 14.4 Å². The Hall–Kier alpha value is -2.43. The number of nitrogens with one attached hydrogen (secondary N) is 3. The molecule has 3 unspecified atom stereocenters. The Balaban J connectivity index is 1.29. The van der Waals surface area contributed by atoms with Crippen LogP contribution in [0.1, 0.15) is 19.3 Å². The molecule has 4 heterocycles. The molecule has 4 aliphatic rings. The van der Waals surface area contributed by atoms with Crippen LogP contribution in [-0.4, -0.2) is 328 Å². The fraction of sp³-hybridized carbons (Fsp3) is 0.941. The second-order valence-electron chi connectivity index (χ2n) is 18.1. The van der Waals surface area contributed by atoms with Crippen LogP contribution in [0.2, 0.25) is 0 Å². The van der Waals surface area contributed by atoms with Gasteiger partial charge >= 0.3 is 0 Å². The van der Waals surface area contributed by atoms with Crippen molar-refractivity contribution in [2.24, 2.45) is 0 Å². The monoisotopic (exact) mass is 1130 g/mol. The highest BCUT2D eigenvalue weighted by Gasteiger charge is 2.31.